The molecule has 0 fully saturated rings. The van der Waals surface area contributed by atoms with Gasteiger partial charge in [-0.25, -0.2) is 0 Å². The molecule has 0 rings (SSSR count). The van der Waals surface area contributed by atoms with Crippen LogP contribution in [0, 0.1) is 5.92 Å². The van der Waals surface area contributed by atoms with E-state index in [1.807, 2.05) is 0 Å². The second-order valence-electron chi connectivity index (χ2n) is 2.70. The van der Waals surface area contributed by atoms with Crippen LogP contribution in [-0.2, 0) is 4.79 Å². The number of hydrogen-bond donors (Lipinski definition) is 3. The lowest BCUT2D eigenvalue weighted by molar-refractivity contribution is -0.140. The standard InChI is InChI=1S/C7H15NO3/c1-3-5(9)4(2)6(8)7(10)11/h4-6,9H,3,8H2,1-2H3,(H,10,11)/t4-,5?,6-/m1/s1. The van der Waals surface area contributed by atoms with E-state index in [0.717, 1.165) is 0 Å². The van der Waals surface area contributed by atoms with Gasteiger partial charge in [0.15, 0.2) is 0 Å². The van der Waals surface area contributed by atoms with Crippen molar-refractivity contribution in [2.75, 3.05) is 0 Å². The number of aliphatic hydroxyl groups excluding tert-OH is 1. The highest BCUT2D eigenvalue weighted by atomic mass is 16.4. The van der Waals surface area contributed by atoms with Gasteiger partial charge in [-0.3, -0.25) is 4.79 Å². The first kappa shape index (κ1) is 10.4. The van der Waals surface area contributed by atoms with E-state index in [9.17, 15) is 9.90 Å². The lowest BCUT2D eigenvalue weighted by atomic mass is 9.95. The Hall–Kier alpha value is -0.610. The zero-order chi connectivity index (χ0) is 9.02. The molecule has 0 saturated carbocycles. The van der Waals surface area contributed by atoms with E-state index in [0.29, 0.717) is 6.42 Å². The fourth-order valence-electron chi connectivity index (χ4n) is 0.836. The summed E-state index contributed by atoms with van der Waals surface area (Å²) < 4.78 is 0. The van der Waals surface area contributed by atoms with Gasteiger partial charge >= 0.3 is 5.97 Å². The van der Waals surface area contributed by atoms with E-state index in [4.69, 9.17) is 10.8 Å². The topological polar surface area (TPSA) is 83.5 Å². The third kappa shape index (κ3) is 2.86. The van der Waals surface area contributed by atoms with Crippen LogP contribution in [0.1, 0.15) is 20.3 Å². The molecule has 3 atom stereocenters. The van der Waals surface area contributed by atoms with E-state index >= 15 is 0 Å². The quantitative estimate of drug-likeness (QED) is 0.533. The average molecular weight is 161 g/mol. The number of nitrogens with two attached hydrogens (primary N) is 1. The Labute approximate surface area is 66.0 Å². The normalized spacial score (nSPS) is 18.9. The minimum Gasteiger partial charge on any atom is -0.480 e. The Morgan fingerprint density at radius 3 is 2.36 bits per heavy atom. The molecule has 0 radical (unpaired) electrons. The molecule has 0 amide bonds. The van der Waals surface area contributed by atoms with Crippen molar-refractivity contribution >= 4 is 5.97 Å². The molecule has 0 aromatic rings. The second kappa shape index (κ2) is 4.31. The molecule has 66 valence electrons. The molecular weight excluding hydrogens is 146 g/mol. The number of aliphatic hydroxyl groups is 1. The maximum atomic E-state index is 10.3. The Bertz CT molecular complexity index is 138. The Morgan fingerprint density at radius 1 is 1.64 bits per heavy atom. The maximum Gasteiger partial charge on any atom is 0.320 e. The van der Waals surface area contributed by atoms with E-state index in [-0.39, 0.29) is 0 Å². The summed E-state index contributed by atoms with van der Waals surface area (Å²) in [6.45, 7) is 3.42. The van der Waals surface area contributed by atoms with Gasteiger partial charge in [-0.2, -0.15) is 0 Å². The molecule has 0 bridgehead atoms. The van der Waals surface area contributed by atoms with Crippen molar-refractivity contribution in [3.63, 3.8) is 0 Å². The van der Waals surface area contributed by atoms with Crippen molar-refractivity contribution < 1.29 is 15.0 Å². The molecule has 11 heavy (non-hydrogen) atoms. The van der Waals surface area contributed by atoms with Gasteiger partial charge in [0.05, 0.1) is 6.10 Å². The van der Waals surface area contributed by atoms with Crippen LogP contribution in [0.5, 0.6) is 0 Å². The van der Waals surface area contributed by atoms with Crippen molar-refractivity contribution in [2.24, 2.45) is 11.7 Å². The molecule has 0 aromatic carbocycles. The van der Waals surface area contributed by atoms with Crippen LogP contribution in [0.4, 0.5) is 0 Å². The summed E-state index contributed by atoms with van der Waals surface area (Å²) in [5.74, 6) is -1.46. The smallest absolute Gasteiger partial charge is 0.320 e. The van der Waals surface area contributed by atoms with Gasteiger partial charge < -0.3 is 15.9 Å². The molecule has 1 unspecified atom stereocenters. The summed E-state index contributed by atoms with van der Waals surface area (Å²) in [5, 5.41) is 17.7. The summed E-state index contributed by atoms with van der Waals surface area (Å²) >= 11 is 0. The monoisotopic (exact) mass is 161 g/mol. The predicted molar refractivity (Wildman–Crippen MR) is 41.1 cm³/mol. The molecule has 0 aromatic heterocycles. The fourth-order valence-corrected chi connectivity index (χ4v) is 0.836. The van der Waals surface area contributed by atoms with E-state index in [1.165, 1.54) is 0 Å². The molecule has 4 N–H and O–H groups in total. The number of aliphatic carboxylic acids is 1. The third-order valence-corrected chi connectivity index (χ3v) is 1.88. The number of carboxylic acid groups (broad SMARTS) is 1. The van der Waals surface area contributed by atoms with Crippen molar-refractivity contribution in [3.05, 3.63) is 0 Å². The van der Waals surface area contributed by atoms with Gasteiger partial charge in [0.2, 0.25) is 0 Å². The number of carbonyl (C=O) groups is 1. The van der Waals surface area contributed by atoms with Crippen LogP contribution in [0.25, 0.3) is 0 Å². The average Bonchev–Trinajstić information content (AvgIpc) is 2.00. The zero-order valence-electron chi connectivity index (χ0n) is 6.82. The van der Waals surface area contributed by atoms with E-state index in [1.54, 1.807) is 13.8 Å². The number of carboxylic acids is 1. The van der Waals surface area contributed by atoms with Crippen LogP contribution >= 0.6 is 0 Å². The summed E-state index contributed by atoms with van der Waals surface area (Å²) in [4.78, 5) is 10.3. The molecule has 0 aliphatic carbocycles. The SMILES string of the molecule is CCC(O)[C@@H](C)[C@@H](N)C(=O)O. The van der Waals surface area contributed by atoms with Gasteiger partial charge in [-0.15, -0.1) is 0 Å². The van der Waals surface area contributed by atoms with Crippen LogP contribution in [-0.4, -0.2) is 28.3 Å². The molecular formula is C7H15NO3. The highest BCUT2D eigenvalue weighted by Crippen LogP contribution is 2.09. The molecule has 0 saturated heterocycles. The minimum atomic E-state index is -1.06. The van der Waals surface area contributed by atoms with Gasteiger partial charge in [-0.1, -0.05) is 13.8 Å². The highest BCUT2D eigenvalue weighted by molar-refractivity contribution is 5.73. The van der Waals surface area contributed by atoms with E-state index in [2.05, 4.69) is 0 Å². The summed E-state index contributed by atoms with van der Waals surface area (Å²) in [7, 11) is 0. The summed E-state index contributed by atoms with van der Waals surface area (Å²) in [5.41, 5.74) is 5.28. The zero-order valence-corrected chi connectivity index (χ0v) is 6.82. The van der Waals surface area contributed by atoms with Gasteiger partial charge in [0.25, 0.3) is 0 Å². The van der Waals surface area contributed by atoms with Gasteiger partial charge in [0, 0.05) is 5.92 Å². The van der Waals surface area contributed by atoms with E-state index < -0.39 is 24.0 Å². The molecule has 0 spiro atoms. The van der Waals surface area contributed by atoms with Crippen molar-refractivity contribution in [3.8, 4) is 0 Å². The lowest BCUT2D eigenvalue weighted by Gasteiger charge is -2.20. The number of hydrogen-bond acceptors (Lipinski definition) is 3. The summed E-state index contributed by atoms with van der Waals surface area (Å²) in [6, 6.07) is -0.968. The summed E-state index contributed by atoms with van der Waals surface area (Å²) in [6.07, 6.45) is -0.0941. The predicted octanol–water partition coefficient (Wildman–Crippen LogP) is -0.195. The number of rotatable bonds is 4. The first-order valence-corrected chi connectivity index (χ1v) is 3.67. The van der Waals surface area contributed by atoms with Crippen LogP contribution < -0.4 is 5.73 Å². The van der Waals surface area contributed by atoms with Crippen molar-refractivity contribution in [1.82, 2.24) is 0 Å². The molecule has 4 heteroatoms. The van der Waals surface area contributed by atoms with Crippen molar-refractivity contribution in [1.29, 1.82) is 0 Å². The molecule has 0 heterocycles. The highest BCUT2D eigenvalue weighted by Gasteiger charge is 2.24. The molecule has 0 aliphatic heterocycles. The minimum absolute atomic E-state index is 0.391. The first-order chi connectivity index (χ1) is 5.00. The first-order valence-electron chi connectivity index (χ1n) is 3.67. The Balaban J connectivity index is 4.00. The molecule has 0 aliphatic rings. The molecule has 4 nitrogen and oxygen atoms in total. The van der Waals surface area contributed by atoms with Crippen LogP contribution in [0.15, 0.2) is 0 Å². The Kier molecular flexibility index (Phi) is 4.07. The maximum absolute atomic E-state index is 10.3. The van der Waals surface area contributed by atoms with Crippen LogP contribution in [0.3, 0.4) is 0 Å². The van der Waals surface area contributed by atoms with Crippen LogP contribution in [0.2, 0.25) is 0 Å². The van der Waals surface area contributed by atoms with Gasteiger partial charge in [0.1, 0.15) is 6.04 Å². The second-order valence-corrected chi connectivity index (χ2v) is 2.70. The lowest BCUT2D eigenvalue weighted by Crippen LogP contribution is -2.41. The van der Waals surface area contributed by atoms with Gasteiger partial charge in [-0.05, 0) is 6.42 Å². The largest absolute Gasteiger partial charge is 0.480 e. The fraction of sp³-hybridized carbons (Fsp3) is 0.857. The Morgan fingerprint density at radius 2 is 2.09 bits per heavy atom. The van der Waals surface area contributed by atoms with Crippen molar-refractivity contribution in [2.45, 2.75) is 32.4 Å². The third-order valence-electron chi connectivity index (χ3n) is 1.88.